The standard InChI is InChI=1S/C12H11BrFNO/c13-8-3-7-4-10(11(15)6-1-2-6)16-12(7)9(14)5-8/h3-6,11H,1-2,15H2. The first-order valence-electron chi connectivity index (χ1n) is 5.29. The number of fused-ring (bicyclic) bond motifs is 1. The first-order valence-corrected chi connectivity index (χ1v) is 6.08. The Morgan fingerprint density at radius 3 is 2.81 bits per heavy atom. The molecule has 0 bridgehead atoms. The van der Waals surface area contributed by atoms with Gasteiger partial charge in [-0.15, -0.1) is 0 Å². The highest BCUT2D eigenvalue weighted by atomic mass is 79.9. The third-order valence-electron chi connectivity index (χ3n) is 3.01. The molecule has 1 aliphatic rings. The van der Waals surface area contributed by atoms with Crippen LogP contribution in [0.15, 0.2) is 27.1 Å². The van der Waals surface area contributed by atoms with Gasteiger partial charge in [0.15, 0.2) is 11.4 Å². The molecule has 2 aromatic rings. The van der Waals surface area contributed by atoms with Crippen molar-refractivity contribution in [1.82, 2.24) is 0 Å². The fourth-order valence-corrected chi connectivity index (χ4v) is 2.40. The highest BCUT2D eigenvalue weighted by molar-refractivity contribution is 9.10. The molecule has 1 aromatic carbocycles. The molecule has 0 spiro atoms. The SMILES string of the molecule is NC(c1cc2cc(Br)cc(F)c2o1)C1CC1. The second-order valence-electron chi connectivity index (χ2n) is 4.32. The van der Waals surface area contributed by atoms with Crippen LogP contribution in [-0.2, 0) is 0 Å². The molecule has 1 atom stereocenters. The smallest absolute Gasteiger partial charge is 0.170 e. The lowest BCUT2D eigenvalue weighted by molar-refractivity contribution is 0.455. The zero-order valence-electron chi connectivity index (χ0n) is 8.54. The summed E-state index contributed by atoms with van der Waals surface area (Å²) in [4.78, 5) is 0. The molecule has 84 valence electrons. The zero-order chi connectivity index (χ0) is 11.3. The molecular formula is C12H11BrFNO. The maximum Gasteiger partial charge on any atom is 0.170 e. The van der Waals surface area contributed by atoms with Crippen molar-refractivity contribution in [3.05, 3.63) is 34.2 Å². The van der Waals surface area contributed by atoms with Crippen molar-refractivity contribution in [3.63, 3.8) is 0 Å². The number of halogens is 2. The predicted molar refractivity (Wildman–Crippen MR) is 63.5 cm³/mol. The Labute approximate surface area is 101 Å². The van der Waals surface area contributed by atoms with E-state index in [1.54, 1.807) is 0 Å². The van der Waals surface area contributed by atoms with E-state index in [0.29, 0.717) is 21.7 Å². The van der Waals surface area contributed by atoms with Crippen LogP contribution in [0.4, 0.5) is 4.39 Å². The molecule has 4 heteroatoms. The lowest BCUT2D eigenvalue weighted by atomic mass is 10.1. The van der Waals surface area contributed by atoms with E-state index in [9.17, 15) is 4.39 Å². The lowest BCUT2D eigenvalue weighted by Gasteiger charge is -2.04. The number of nitrogens with two attached hydrogens (primary N) is 1. The van der Waals surface area contributed by atoms with Crippen molar-refractivity contribution in [3.8, 4) is 0 Å². The third kappa shape index (κ3) is 1.66. The largest absolute Gasteiger partial charge is 0.456 e. The van der Waals surface area contributed by atoms with Gasteiger partial charge < -0.3 is 10.2 Å². The Morgan fingerprint density at radius 1 is 1.38 bits per heavy atom. The summed E-state index contributed by atoms with van der Waals surface area (Å²) in [6.07, 6.45) is 2.29. The van der Waals surface area contributed by atoms with E-state index >= 15 is 0 Å². The molecule has 1 fully saturated rings. The second-order valence-corrected chi connectivity index (χ2v) is 5.23. The number of hydrogen-bond acceptors (Lipinski definition) is 2. The normalized spacial score (nSPS) is 17.9. The van der Waals surface area contributed by atoms with Crippen molar-refractivity contribution in [1.29, 1.82) is 0 Å². The minimum Gasteiger partial charge on any atom is -0.456 e. The van der Waals surface area contributed by atoms with Gasteiger partial charge >= 0.3 is 0 Å². The highest BCUT2D eigenvalue weighted by Crippen LogP contribution is 2.41. The fourth-order valence-electron chi connectivity index (χ4n) is 1.95. The molecule has 1 heterocycles. The Balaban J connectivity index is 2.11. The molecule has 1 aromatic heterocycles. The molecule has 1 unspecified atom stereocenters. The minimum absolute atomic E-state index is 0.0921. The summed E-state index contributed by atoms with van der Waals surface area (Å²) in [7, 11) is 0. The summed E-state index contributed by atoms with van der Waals surface area (Å²) in [6.45, 7) is 0. The van der Waals surface area contributed by atoms with Gasteiger partial charge in [0.05, 0.1) is 6.04 Å². The van der Waals surface area contributed by atoms with Crippen LogP contribution in [0.1, 0.15) is 24.6 Å². The van der Waals surface area contributed by atoms with Crippen molar-refractivity contribution in [2.45, 2.75) is 18.9 Å². The Morgan fingerprint density at radius 2 is 2.12 bits per heavy atom. The maximum absolute atomic E-state index is 13.6. The van der Waals surface area contributed by atoms with Crippen LogP contribution in [0.3, 0.4) is 0 Å². The summed E-state index contributed by atoms with van der Waals surface area (Å²) >= 11 is 3.26. The zero-order valence-corrected chi connectivity index (χ0v) is 10.1. The van der Waals surface area contributed by atoms with Gasteiger partial charge in [0.25, 0.3) is 0 Å². The summed E-state index contributed by atoms with van der Waals surface area (Å²) in [5, 5.41) is 0.762. The van der Waals surface area contributed by atoms with Gasteiger partial charge in [-0.1, -0.05) is 15.9 Å². The van der Waals surface area contributed by atoms with Crippen LogP contribution in [0.2, 0.25) is 0 Å². The van der Waals surface area contributed by atoms with Crippen LogP contribution in [0.25, 0.3) is 11.0 Å². The van der Waals surface area contributed by atoms with Gasteiger partial charge in [-0.25, -0.2) is 4.39 Å². The molecule has 0 radical (unpaired) electrons. The molecule has 1 saturated carbocycles. The summed E-state index contributed by atoms with van der Waals surface area (Å²) < 4.78 is 19.8. The summed E-state index contributed by atoms with van der Waals surface area (Å²) in [5.74, 6) is 0.847. The highest BCUT2D eigenvalue weighted by Gasteiger charge is 2.31. The van der Waals surface area contributed by atoms with E-state index in [0.717, 1.165) is 18.2 Å². The van der Waals surface area contributed by atoms with Crippen LogP contribution < -0.4 is 5.73 Å². The summed E-state index contributed by atoms with van der Waals surface area (Å²) in [5.41, 5.74) is 6.32. The second kappa shape index (κ2) is 3.57. The number of furan rings is 1. The topological polar surface area (TPSA) is 39.2 Å². The molecule has 0 amide bonds. The van der Waals surface area contributed by atoms with Gasteiger partial charge in [-0.3, -0.25) is 0 Å². The van der Waals surface area contributed by atoms with E-state index < -0.39 is 0 Å². The molecule has 16 heavy (non-hydrogen) atoms. The van der Waals surface area contributed by atoms with E-state index in [1.165, 1.54) is 6.07 Å². The van der Waals surface area contributed by atoms with Gasteiger partial charge in [-0.2, -0.15) is 0 Å². The molecule has 2 nitrogen and oxygen atoms in total. The number of benzene rings is 1. The van der Waals surface area contributed by atoms with Gasteiger partial charge in [0.2, 0.25) is 0 Å². The minimum atomic E-state index is -0.348. The molecule has 1 aliphatic carbocycles. The Bertz CT molecular complexity index is 547. The monoisotopic (exact) mass is 283 g/mol. The van der Waals surface area contributed by atoms with Gasteiger partial charge in [-0.05, 0) is 37.0 Å². The molecule has 3 rings (SSSR count). The first-order chi connectivity index (χ1) is 7.65. The fraction of sp³-hybridized carbons (Fsp3) is 0.333. The summed E-state index contributed by atoms with van der Waals surface area (Å²) in [6, 6.07) is 4.99. The van der Waals surface area contributed by atoms with Gasteiger partial charge in [0.1, 0.15) is 5.76 Å². The van der Waals surface area contributed by atoms with Crippen LogP contribution in [0.5, 0.6) is 0 Å². The van der Waals surface area contributed by atoms with Crippen molar-refractivity contribution < 1.29 is 8.81 Å². The Kier molecular flexibility index (Phi) is 2.30. The molecule has 0 saturated heterocycles. The predicted octanol–water partition coefficient (Wildman–Crippen LogP) is 3.74. The van der Waals surface area contributed by atoms with Crippen molar-refractivity contribution in [2.75, 3.05) is 0 Å². The third-order valence-corrected chi connectivity index (χ3v) is 3.47. The molecule has 2 N–H and O–H groups in total. The lowest BCUT2D eigenvalue weighted by Crippen LogP contribution is -2.10. The molecular weight excluding hydrogens is 273 g/mol. The average Bonchev–Trinajstić information content (AvgIpc) is 2.97. The van der Waals surface area contributed by atoms with Crippen molar-refractivity contribution in [2.24, 2.45) is 11.7 Å². The van der Waals surface area contributed by atoms with Crippen molar-refractivity contribution >= 4 is 26.9 Å². The van der Waals surface area contributed by atoms with Gasteiger partial charge in [0, 0.05) is 9.86 Å². The Hall–Kier alpha value is -0.870. The van der Waals surface area contributed by atoms with Crippen LogP contribution in [0, 0.1) is 11.7 Å². The first kappa shape index (κ1) is 10.3. The van der Waals surface area contributed by atoms with E-state index in [-0.39, 0.29) is 11.9 Å². The number of rotatable bonds is 2. The van der Waals surface area contributed by atoms with E-state index in [2.05, 4.69) is 15.9 Å². The average molecular weight is 284 g/mol. The quantitative estimate of drug-likeness (QED) is 0.912. The molecule has 0 aliphatic heterocycles. The maximum atomic E-state index is 13.6. The van der Waals surface area contributed by atoms with Crippen LogP contribution in [-0.4, -0.2) is 0 Å². The number of hydrogen-bond donors (Lipinski definition) is 1. The van der Waals surface area contributed by atoms with E-state index in [4.69, 9.17) is 10.2 Å². The van der Waals surface area contributed by atoms with E-state index in [1.807, 2.05) is 12.1 Å². The van der Waals surface area contributed by atoms with Crippen LogP contribution >= 0.6 is 15.9 Å².